The van der Waals surface area contributed by atoms with Gasteiger partial charge in [0, 0.05) is 65.4 Å². The molecule has 2 aromatic heterocycles. The standard InChI is InChI=1S/C19H26N8O/c1-20-19-23-14-6-9-27(16-10-15(25(2)3)21-12-22-16)11-13(14)17(24-19)18(28)26-7-4-5-8-26/h10,12H,4-9,11H2,1-3H3,(H,20,23,24). The Morgan fingerprint density at radius 1 is 1.14 bits per heavy atom. The summed E-state index contributed by atoms with van der Waals surface area (Å²) in [6, 6.07) is 1.97. The first-order valence-electron chi connectivity index (χ1n) is 9.68. The van der Waals surface area contributed by atoms with E-state index in [9.17, 15) is 4.79 Å². The third-order valence-electron chi connectivity index (χ3n) is 5.30. The van der Waals surface area contributed by atoms with Gasteiger partial charge in [0.2, 0.25) is 5.95 Å². The van der Waals surface area contributed by atoms with E-state index in [1.54, 1.807) is 13.4 Å². The highest BCUT2D eigenvalue weighted by molar-refractivity contribution is 5.94. The number of anilines is 3. The molecule has 1 amide bonds. The van der Waals surface area contributed by atoms with E-state index in [0.29, 0.717) is 18.2 Å². The number of likely N-dealkylation sites (tertiary alicyclic amines) is 1. The van der Waals surface area contributed by atoms with Crippen LogP contribution in [0, 0.1) is 0 Å². The Balaban J connectivity index is 1.68. The van der Waals surface area contributed by atoms with Gasteiger partial charge in [0.1, 0.15) is 23.7 Å². The van der Waals surface area contributed by atoms with Crippen LogP contribution in [0.5, 0.6) is 0 Å². The fourth-order valence-corrected chi connectivity index (χ4v) is 3.72. The van der Waals surface area contributed by atoms with Crippen LogP contribution in [0.1, 0.15) is 34.6 Å². The third-order valence-corrected chi connectivity index (χ3v) is 5.30. The summed E-state index contributed by atoms with van der Waals surface area (Å²) in [5.41, 5.74) is 2.37. The summed E-state index contributed by atoms with van der Waals surface area (Å²) in [5.74, 6) is 2.21. The molecule has 28 heavy (non-hydrogen) atoms. The van der Waals surface area contributed by atoms with Crippen LogP contribution in [0.4, 0.5) is 17.6 Å². The van der Waals surface area contributed by atoms with Gasteiger partial charge in [-0.3, -0.25) is 4.79 Å². The van der Waals surface area contributed by atoms with Gasteiger partial charge in [-0.05, 0) is 12.8 Å². The second-order valence-corrected chi connectivity index (χ2v) is 7.37. The van der Waals surface area contributed by atoms with Gasteiger partial charge < -0.3 is 20.0 Å². The third kappa shape index (κ3) is 3.44. The maximum Gasteiger partial charge on any atom is 0.273 e. The Morgan fingerprint density at radius 3 is 2.64 bits per heavy atom. The largest absolute Gasteiger partial charge is 0.363 e. The lowest BCUT2D eigenvalue weighted by Crippen LogP contribution is -2.36. The zero-order valence-corrected chi connectivity index (χ0v) is 16.6. The maximum absolute atomic E-state index is 13.1. The van der Waals surface area contributed by atoms with Gasteiger partial charge in [-0.2, -0.15) is 0 Å². The molecule has 2 aliphatic rings. The molecule has 0 radical (unpaired) electrons. The Morgan fingerprint density at radius 2 is 1.93 bits per heavy atom. The van der Waals surface area contributed by atoms with Gasteiger partial charge in [-0.1, -0.05) is 0 Å². The van der Waals surface area contributed by atoms with E-state index in [1.807, 2.05) is 30.0 Å². The lowest BCUT2D eigenvalue weighted by Gasteiger charge is -2.31. The Bertz CT molecular complexity index is 878. The van der Waals surface area contributed by atoms with Crippen molar-refractivity contribution in [1.82, 2.24) is 24.8 Å². The first-order chi connectivity index (χ1) is 13.6. The number of carbonyl (C=O) groups is 1. The average Bonchev–Trinajstić information content (AvgIpc) is 3.27. The highest BCUT2D eigenvalue weighted by Crippen LogP contribution is 2.27. The molecule has 0 unspecified atom stereocenters. The topological polar surface area (TPSA) is 90.4 Å². The van der Waals surface area contributed by atoms with Crippen LogP contribution in [0.3, 0.4) is 0 Å². The van der Waals surface area contributed by atoms with E-state index >= 15 is 0 Å². The highest BCUT2D eigenvalue weighted by atomic mass is 16.2. The number of hydrogen-bond acceptors (Lipinski definition) is 8. The molecule has 2 aliphatic heterocycles. The van der Waals surface area contributed by atoms with Gasteiger partial charge in [0.15, 0.2) is 0 Å². The zero-order valence-electron chi connectivity index (χ0n) is 16.6. The Hall–Kier alpha value is -2.97. The summed E-state index contributed by atoms with van der Waals surface area (Å²) in [6.45, 7) is 2.95. The summed E-state index contributed by atoms with van der Waals surface area (Å²) in [6.07, 6.45) is 4.43. The van der Waals surface area contributed by atoms with Crippen LogP contribution in [0.25, 0.3) is 0 Å². The first-order valence-corrected chi connectivity index (χ1v) is 9.68. The lowest BCUT2D eigenvalue weighted by molar-refractivity contribution is 0.0785. The smallest absolute Gasteiger partial charge is 0.273 e. The number of amides is 1. The molecule has 0 atom stereocenters. The lowest BCUT2D eigenvalue weighted by atomic mass is 10.0. The van der Waals surface area contributed by atoms with Gasteiger partial charge >= 0.3 is 0 Å². The molecular formula is C19H26N8O. The number of nitrogens with one attached hydrogen (secondary N) is 1. The average molecular weight is 382 g/mol. The summed E-state index contributed by atoms with van der Waals surface area (Å²) in [7, 11) is 5.69. The molecular weight excluding hydrogens is 356 g/mol. The van der Waals surface area contributed by atoms with Crippen LogP contribution in [0.2, 0.25) is 0 Å². The SMILES string of the molecule is CNc1nc2c(c(C(=O)N3CCCC3)n1)CN(c1cc(N(C)C)ncn1)CC2. The Labute approximate surface area is 164 Å². The van der Waals surface area contributed by atoms with Crippen molar-refractivity contribution in [2.75, 3.05) is 55.9 Å². The fraction of sp³-hybridized carbons (Fsp3) is 0.526. The molecule has 9 nitrogen and oxygen atoms in total. The van der Waals surface area contributed by atoms with Crippen LogP contribution in [-0.2, 0) is 13.0 Å². The first kappa shape index (κ1) is 18.4. The molecule has 4 heterocycles. The van der Waals surface area contributed by atoms with E-state index in [2.05, 4.69) is 30.2 Å². The highest BCUT2D eigenvalue weighted by Gasteiger charge is 2.29. The number of aromatic nitrogens is 4. The minimum Gasteiger partial charge on any atom is -0.363 e. The van der Waals surface area contributed by atoms with Gasteiger partial charge in [-0.25, -0.2) is 19.9 Å². The summed E-state index contributed by atoms with van der Waals surface area (Å²) < 4.78 is 0. The monoisotopic (exact) mass is 382 g/mol. The van der Waals surface area contributed by atoms with E-state index in [4.69, 9.17) is 0 Å². The normalized spacial score (nSPS) is 16.1. The molecule has 1 N–H and O–H groups in total. The molecule has 9 heteroatoms. The second kappa shape index (κ2) is 7.57. The number of rotatable bonds is 4. The van der Waals surface area contributed by atoms with Gasteiger partial charge in [0.05, 0.1) is 5.69 Å². The maximum atomic E-state index is 13.1. The molecule has 0 saturated carbocycles. The molecule has 0 spiro atoms. The van der Waals surface area contributed by atoms with Crippen molar-refractivity contribution in [2.24, 2.45) is 0 Å². The summed E-state index contributed by atoms with van der Waals surface area (Å²) in [4.78, 5) is 37.0. The van der Waals surface area contributed by atoms with E-state index in [1.165, 1.54) is 0 Å². The second-order valence-electron chi connectivity index (χ2n) is 7.37. The minimum absolute atomic E-state index is 0.00571. The summed E-state index contributed by atoms with van der Waals surface area (Å²) >= 11 is 0. The van der Waals surface area contributed by atoms with Crippen molar-refractivity contribution in [3.8, 4) is 0 Å². The number of carbonyl (C=O) groups excluding carboxylic acids is 1. The van der Waals surface area contributed by atoms with Gasteiger partial charge in [-0.15, -0.1) is 0 Å². The molecule has 0 aromatic carbocycles. The van der Waals surface area contributed by atoms with Crippen molar-refractivity contribution >= 4 is 23.5 Å². The van der Waals surface area contributed by atoms with Crippen molar-refractivity contribution in [2.45, 2.75) is 25.8 Å². The van der Waals surface area contributed by atoms with Crippen LogP contribution < -0.4 is 15.1 Å². The van der Waals surface area contributed by atoms with Crippen molar-refractivity contribution < 1.29 is 4.79 Å². The predicted octanol–water partition coefficient (Wildman–Crippen LogP) is 1.17. The number of fused-ring (bicyclic) bond motifs is 1. The van der Waals surface area contributed by atoms with Crippen LogP contribution in [-0.4, -0.2) is 71.5 Å². The quantitative estimate of drug-likeness (QED) is 0.843. The molecule has 0 aliphatic carbocycles. The fourth-order valence-electron chi connectivity index (χ4n) is 3.72. The predicted molar refractivity (Wildman–Crippen MR) is 108 cm³/mol. The molecule has 4 rings (SSSR count). The molecule has 0 bridgehead atoms. The van der Waals surface area contributed by atoms with Crippen LogP contribution in [0.15, 0.2) is 12.4 Å². The van der Waals surface area contributed by atoms with Crippen LogP contribution >= 0.6 is 0 Å². The molecule has 148 valence electrons. The number of nitrogens with zero attached hydrogens (tertiary/aromatic N) is 7. The van der Waals surface area contributed by atoms with Crippen molar-refractivity contribution in [3.05, 3.63) is 29.3 Å². The van der Waals surface area contributed by atoms with Crippen molar-refractivity contribution in [1.29, 1.82) is 0 Å². The molecule has 1 fully saturated rings. The van der Waals surface area contributed by atoms with E-state index in [-0.39, 0.29) is 5.91 Å². The van der Waals surface area contributed by atoms with Crippen molar-refractivity contribution in [3.63, 3.8) is 0 Å². The van der Waals surface area contributed by atoms with Gasteiger partial charge in [0.25, 0.3) is 5.91 Å². The van der Waals surface area contributed by atoms with E-state index in [0.717, 1.165) is 61.8 Å². The zero-order chi connectivity index (χ0) is 19.7. The molecule has 2 aromatic rings. The van der Waals surface area contributed by atoms with E-state index < -0.39 is 0 Å². The minimum atomic E-state index is 0.00571. The summed E-state index contributed by atoms with van der Waals surface area (Å²) in [5, 5.41) is 2.99. The molecule has 1 saturated heterocycles. The Kier molecular flexibility index (Phi) is 4.97. The number of hydrogen-bond donors (Lipinski definition) is 1.